The molecule has 2 rings (SSSR count). The Morgan fingerprint density at radius 3 is 2.60 bits per heavy atom. The summed E-state index contributed by atoms with van der Waals surface area (Å²) in [7, 11) is 1.88. The molecule has 2 aromatic heterocycles. The van der Waals surface area contributed by atoms with Gasteiger partial charge in [-0.25, -0.2) is 5.84 Å². The quantitative estimate of drug-likeness (QED) is 0.423. The molecular weight excluding hydrogens is 192 g/mol. The zero-order chi connectivity index (χ0) is 10.8. The van der Waals surface area contributed by atoms with Crippen molar-refractivity contribution in [1.29, 1.82) is 0 Å². The summed E-state index contributed by atoms with van der Waals surface area (Å²) in [6, 6.07) is 5.53. The highest BCUT2D eigenvalue weighted by atomic mass is 16.2. The van der Waals surface area contributed by atoms with Gasteiger partial charge in [0.1, 0.15) is 5.82 Å². The van der Waals surface area contributed by atoms with Crippen molar-refractivity contribution >= 4 is 5.91 Å². The molecule has 0 aliphatic rings. The maximum absolute atomic E-state index is 11.5. The lowest BCUT2D eigenvalue weighted by Gasteiger charge is -2.07. The fraction of sp³-hybridized carbons (Fsp3) is 0.100. The van der Waals surface area contributed by atoms with Crippen LogP contribution in [-0.4, -0.2) is 15.0 Å². The number of nitrogens with two attached hydrogens (primary N) is 1. The third-order valence-electron chi connectivity index (χ3n) is 2.26. The molecule has 0 saturated heterocycles. The normalized spacial score (nSPS) is 10.3. The van der Waals surface area contributed by atoms with Crippen LogP contribution in [0.25, 0.3) is 5.82 Å². The first-order chi connectivity index (χ1) is 7.24. The number of hydrogen-bond donors (Lipinski definition) is 2. The molecule has 2 aromatic rings. The van der Waals surface area contributed by atoms with E-state index in [9.17, 15) is 4.79 Å². The molecule has 5 nitrogen and oxygen atoms in total. The maximum Gasteiger partial charge on any atom is 0.268 e. The Morgan fingerprint density at radius 1 is 1.33 bits per heavy atom. The van der Waals surface area contributed by atoms with E-state index in [0.29, 0.717) is 5.56 Å². The summed E-state index contributed by atoms with van der Waals surface area (Å²) < 4.78 is 3.73. The third kappa shape index (κ3) is 1.53. The number of nitrogens with zero attached hydrogens (tertiary/aromatic N) is 2. The molecule has 0 bridgehead atoms. The molecule has 0 radical (unpaired) electrons. The molecule has 2 heterocycles. The van der Waals surface area contributed by atoms with E-state index in [1.807, 2.05) is 46.9 Å². The van der Waals surface area contributed by atoms with Crippen LogP contribution in [0.2, 0.25) is 0 Å². The number of carbonyl (C=O) groups is 1. The number of aryl methyl sites for hydroxylation is 1. The number of hydrazine groups is 1. The van der Waals surface area contributed by atoms with Gasteiger partial charge in [-0.05, 0) is 18.2 Å². The molecular formula is C10H12N4O. The highest BCUT2D eigenvalue weighted by Crippen LogP contribution is 2.15. The van der Waals surface area contributed by atoms with E-state index in [4.69, 9.17) is 5.84 Å². The summed E-state index contributed by atoms with van der Waals surface area (Å²) >= 11 is 0. The molecule has 0 aliphatic heterocycles. The van der Waals surface area contributed by atoms with Crippen LogP contribution >= 0.6 is 0 Å². The Bertz CT molecular complexity index is 470. The zero-order valence-electron chi connectivity index (χ0n) is 8.34. The first-order valence-corrected chi connectivity index (χ1v) is 4.53. The minimum Gasteiger partial charge on any atom is -0.337 e. The average molecular weight is 204 g/mol. The van der Waals surface area contributed by atoms with Crippen LogP contribution in [0, 0.1) is 0 Å². The van der Waals surface area contributed by atoms with Crippen molar-refractivity contribution in [1.82, 2.24) is 14.6 Å². The van der Waals surface area contributed by atoms with E-state index in [-0.39, 0.29) is 5.91 Å². The van der Waals surface area contributed by atoms with Crippen molar-refractivity contribution < 1.29 is 4.79 Å². The van der Waals surface area contributed by atoms with Crippen molar-refractivity contribution in [3.63, 3.8) is 0 Å². The molecule has 15 heavy (non-hydrogen) atoms. The predicted octanol–water partition coefficient (Wildman–Crippen LogP) is 0.419. The standard InChI is InChI=1S/C10H12N4O/c1-13-7-4-8(9(15)12-11)10(13)14-5-2-3-6-14/h2-7H,11H2,1H3,(H,12,15). The SMILES string of the molecule is Cn1ccc(C(=O)NN)c1-n1cccc1. The smallest absolute Gasteiger partial charge is 0.268 e. The second-order valence-electron chi connectivity index (χ2n) is 3.23. The van der Waals surface area contributed by atoms with Gasteiger partial charge in [0, 0.05) is 25.6 Å². The van der Waals surface area contributed by atoms with E-state index in [1.54, 1.807) is 6.07 Å². The second-order valence-corrected chi connectivity index (χ2v) is 3.23. The van der Waals surface area contributed by atoms with Crippen molar-refractivity contribution in [2.75, 3.05) is 0 Å². The average Bonchev–Trinajstić information content (AvgIpc) is 2.85. The van der Waals surface area contributed by atoms with Gasteiger partial charge in [-0.2, -0.15) is 0 Å². The van der Waals surface area contributed by atoms with Crippen LogP contribution in [0.5, 0.6) is 0 Å². The van der Waals surface area contributed by atoms with Crippen LogP contribution in [-0.2, 0) is 7.05 Å². The van der Waals surface area contributed by atoms with E-state index in [0.717, 1.165) is 5.82 Å². The summed E-state index contributed by atoms with van der Waals surface area (Å²) in [5, 5.41) is 0. The molecule has 1 amide bonds. The monoisotopic (exact) mass is 204 g/mol. The summed E-state index contributed by atoms with van der Waals surface area (Å²) in [4.78, 5) is 11.5. The van der Waals surface area contributed by atoms with E-state index in [2.05, 4.69) is 5.43 Å². The van der Waals surface area contributed by atoms with E-state index < -0.39 is 0 Å². The van der Waals surface area contributed by atoms with Crippen molar-refractivity contribution in [3.05, 3.63) is 42.4 Å². The minimum atomic E-state index is -0.292. The number of nitrogens with one attached hydrogen (secondary N) is 1. The molecule has 0 fully saturated rings. The van der Waals surface area contributed by atoms with Crippen LogP contribution in [0.1, 0.15) is 10.4 Å². The lowest BCUT2D eigenvalue weighted by atomic mass is 10.3. The Hall–Kier alpha value is -2.01. The highest BCUT2D eigenvalue weighted by Gasteiger charge is 2.14. The van der Waals surface area contributed by atoms with Crippen molar-refractivity contribution in [2.45, 2.75) is 0 Å². The van der Waals surface area contributed by atoms with Gasteiger partial charge < -0.3 is 9.13 Å². The van der Waals surface area contributed by atoms with Gasteiger partial charge in [-0.15, -0.1) is 0 Å². The van der Waals surface area contributed by atoms with Crippen LogP contribution < -0.4 is 11.3 Å². The molecule has 0 aliphatic carbocycles. The third-order valence-corrected chi connectivity index (χ3v) is 2.26. The minimum absolute atomic E-state index is 0.292. The van der Waals surface area contributed by atoms with Gasteiger partial charge in [0.05, 0.1) is 5.56 Å². The Balaban J connectivity index is 2.55. The maximum atomic E-state index is 11.5. The number of carbonyl (C=O) groups excluding carboxylic acids is 1. The molecule has 5 heteroatoms. The van der Waals surface area contributed by atoms with Crippen molar-refractivity contribution in [3.8, 4) is 5.82 Å². The Kier molecular flexibility index (Phi) is 2.31. The molecule has 0 spiro atoms. The van der Waals surface area contributed by atoms with E-state index in [1.165, 1.54) is 0 Å². The number of hydrogen-bond acceptors (Lipinski definition) is 2. The van der Waals surface area contributed by atoms with Gasteiger partial charge in [0.2, 0.25) is 0 Å². The number of nitrogen functional groups attached to an aromatic ring is 1. The van der Waals surface area contributed by atoms with Gasteiger partial charge in [0.25, 0.3) is 5.91 Å². The largest absolute Gasteiger partial charge is 0.337 e. The topological polar surface area (TPSA) is 65.0 Å². The molecule has 0 unspecified atom stereocenters. The number of amides is 1. The first-order valence-electron chi connectivity index (χ1n) is 4.53. The Morgan fingerprint density at radius 2 is 2.00 bits per heavy atom. The van der Waals surface area contributed by atoms with Gasteiger partial charge in [0.15, 0.2) is 0 Å². The summed E-state index contributed by atoms with van der Waals surface area (Å²) in [6.45, 7) is 0. The lowest BCUT2D eigenvalue weighted by Crippen LogP contribution is -2.30. The van der Waals surface area contributed by atoms with Gasteiger partial charge >= 0.3 is 0 Å². The Labute approximate surface area is 87.1 Å². The second kappa shape index (κ2) is 3.62. The zero-order valence-corrected chi connectivity index (χ0v) is 8.34. The lowest BCUT2D eigenvalue weighted by molar-refractivity contribution is 0.0953. The fourth-order valence-electron chi connectivity index (χ4n) is 1.57. The highest BCUT2D eigenvalue weighted by molar-refractivity contribution is 5.97. The van der Waals surface area contributed by atoms with Gasteiger partial charge in [-0.3, -0.25) is 10.2 Å². The summed E-state index contributed by atoms with van der Waals surface area (Å²) in [5.41, 5.74) is 2.68. The fourth-order valence-corrected chi connectivity index (χ4v) is 1.57. The number of rotatable bonds is 2. The van der Waals surface area contributed by atoms with Crippen LogP contribution in [0.3, 0.4) is 0 Å². The van der Waals surface area contributed by atoms with Crippen LogP contribution in [0.4, 0.5) is 0 Å². The van der Waals surface area contributed by atoms with E-state index >= 15 is 0 Å². The molecule has 0 aromatic carbocycles. The summed E-state index contributed by atoms with van der Waals surface area (Å²) in [6.07, 6.45) is 5.57. The molecule has 78 valence electrons. The van der Waals surface area contributed by atoms with Crippen molar-refractivity contribution in [2.24, 2.45) is 12.9 Å². The molecule has 0 atom stereocenters. The predicted molar refractivity (Wildman–Crippen MR) is 56.4 cm³/mol. The van der Waals surface area contributed by atoms with Crippen LogP contribution in [0.15, 0.2) is 36.8 Å². The molecule has 0 saturated carbocycles. The summed E-state index contributed by atoms with van der Waals surface area (Å²) in [5.74, 6) is 5.62. The molecule has 3 N–H and O–H groups in total. The van der Waals surface area contributed by atoms with Gasteiger partial charge in [-0.1, -0.05) is 0 Å². The first kappa shape index (κ1) is 9.54. The number of aromatic nitrogens is 2.